The lowest BCUT2D eigenvalue weighted by Crippen LogP contribution is -2.41. The van der Waals surface area contributed by atoms with Gasteiger partial charge in [-0.1, -0.05) is 24.3 Å². The van der Waals surface area contributed by atoms with Crippen LogP contribution in [0.2, 0.25) is 0 Å². The SMILES string of the molecule is COc1ccc([C@]2(C)NC(=O)N(CC(=O)c3ccccc3F)C2=O)cc1. The Hall–Kier alpha value is -3.22. The van der Waals surface area contributed by atoms with E-state index in [0.717, 1.165) is 11.0 Å². The second-order valence-corrected chi connectivity index (χ2v) is 6.08. The van der Waals surface area contributed by atoms with Gasteiger partial charge in [-0.05, 0) is 36.8 Å². The van der Waals surface area contributed by atoms with Crippen molar-refractivity contribution < 1.29 is 23.5 Å². The van der Waals surface area contributed by atoms with Crippen LogP contribution in [-0.4, -0.2) is 36.3 Å². The number of hydrogen-bond donors (Lipinski definition) is 1. The zero-order valence-electron chi connectivity index (χ0n) is 14.3. The van der Waals surface area contributed by atoms with Crippen molar-refractivity contribution in [3.63, 3.8) is 0 Å². The summed E-state index contributed by atoms with van der Waals surface area (Å²) in [6.45, 7) is 1.03. The molecule has 0 radical (unpaired) electrons. The average molecular weight is 356 g/mol. The predicted molar refractivity (Wildman–Crippen MR) is 91.3 cm³/mol. The highest BCUT2D eigenvalue weighted by Crippen LogP contribution is 2.30. The van der Waals surface area contributed by atoms with Gasteiger partial charge in [-0.15, -0.1) is 0 Å². The number of imide groups is 1. The fourth-order valence-corrected chi connectivity index (χ4v) is 2.88. The highest BCUT2D eigenvalue weighted by Gasteiger charge is 2.49. The van der Waals surface area contributed by atoms with E-state index in [2.05, 4.69) is 5.32 Å². The molecule has 0 aromatic heterocycles. The number of hydrogen-bond acceptors (Lipinski definition) is 4. The van der Waals surface area contributed by atoms with Gasteiger partial charge in [-0.3, -0.25) is 14.5 Å². The highest BCUT2D eigenvalue weighted by molar-refractivity contribution is 6.11. The van der Waals surface area contributed by atoms with Crippen LogP contribution < -0.4 is 10.1 Å². The maximum Gasteiger partial charge on any atom is 0.325 e. The van der Waals surface area contributed by atoms with E-state index in [1.54, 1.807) is 31.2 Å². The third-order valence-electron chi connectivity index (χ3n) is 4.42. The number of rotatable bonds is 5. The van der Waals surface area contributed by atoms with Gasteiger partial charge in [0.15, 0.2) is 5.78 Å². The van der Waals surface area contributed by atoms with Gasteiger partial charge in [0.2, 0.25) is 0 Å². The maximum atomic E-state index is 13.8. The van der Waals surface area contributed by atoms with E-state index >= 15 is 0 Å². The molecule has 7 heteroatoms. The number of methoxy groups -OCH3 is 1. The summed E-state index contributed by atoms with van der Waals surface area (Å²) in [4.78, 5) is 38.2. The molecule has 1 saturated heterocycles. The van der Waals surface area contributed by atoms with Crippen LogP contribution in [0.1, 0.15) is 22.8 Å². The van der Waals surface area contributed by atoms with Crippen molar-refractivity contribution in [2.45, 2.75) is 12.5 Å². The number of benzene rings is 2. The molecule has 1 atom stereocenters. The quantitative estimate of drug-likeness (QED) is 0.660. The lowest BCUT2D eigenvalue weighted by molar-refractivity contribution is -0.130. The molecule has 1 fully saturated rings. The number of halogens is 1. The van der Waals surface area contributed by atoms with Gasteiger partial charge >= 0.3 is 6.03 Å². The van der Waals surface area contributed by atoms with Crippen LogP contribution in [0.5, 0.6) is 5.75 Å². The Morgan fingerprint density at radius 1 is 1.15 bits per heavy atom. The first-order valence-electron chi connectivity index (χ1n) is 7.93. The van der Waals surface area contributed by atoms with Gasteiger partial charge in [-0.25, -0.2) is 9.18 Å². The molecule has 1 N–H and O–H groups in total. The number of ketones is 1. The monoisotopic (exact) mass is 356 g/mol. The van der Waals surface area contributed by atoms with E-state index in [-0.39, 0.29) is 5.56 Å². The smallest absolute Gasteiger partial charge is 0.325 e. The second-order valence-electron chi connectivity index (χ2n) is 6.08. The van der Waals surface area contributed by atoms with E-state index in [1.807, 2.05) is 0 Å². The molecule has 0 aliphatic carbocycles. The van der Waals surface area contributed by atoms with Gasteiger partial charge < -0.3 is 10.1 Å². The van der Waals surface area contributed by atoms with Gasteiger partial charge in [0, 0.05) is 0 Å². The van der Waals surface area contributed by atoms with Crippen LogP contribution in [0.4, 0.5) is 9.18 Å². The number of ether oxygens (including phenoxy) is 1. The minimum atomic E-state index is -1.31. The maximum absolute atomic E-state index is 13.8. The van der Waals surface area contributed by atoms with Crippen molar-refractivity contribution in [3.05, 3.63) is 65.5 Å². The number of urea groups is 1. The van der Waals surface area contributed by atoms with E-state index < -0.39 is 35.6 Å². The van der Waals surface area contributed by atoms with Crippen LogP contribution in [-0.2, 0) is 10.3 Å². The van der Waals surface area contributed by atoms with Crippen molar-refractivity contribution in [2.75, 3.05) is 13.7 Å². The second kappa shape index (κ2) is 6.59. The Labute approximate surface area is 149 Å². The van der Waals surface area contributed by atoms with E-state index in [1.165, 1.54) is 25.3 Å². The summed E-state index contributed by atoms with van der Waals surface area (Å²) in [5, 5.41) is 2.61. The fraction of sp³-hybridized carbons (Fsp3) is 0.211. The average Bonchev–Trinajstić information content (AvgIpc) is 2.86. The molecule has 134 valence electrons. The molecule has 0 saturated carbocycles. The van der Waals surface area contributed by atoms with Crippen LogP contribution in [0.3, 0.4) is 0 Å². The number of carbonyl (C=O) groups is 3. The number of Topliss-reactive ketones (excluding diaryl/α,β-unsaturated/α-hetero) is 1. The molecule has 0 spiro atoms. The minimum Gasteiger partial charge on any atom is -0.497 e. The Balaban J connectivity index is 1.84. The Morgan fingerprint density at radius 3 is 2.42 bits per heavy atom. The van der Waals surface area contributed by atoms with Gasteiger partial charge in [-0.2, -0.15) is 0 Å². The minimum absolute atomic E-state index is 0.161. The van der Waals surface area contributed by atoms with Gasteiger partial charge in [0.1, 0.15) is 17.1 Å². The first kappa shape index (κ1) is 17.6. The summed E-state index contributed by atoms with van der Waals surface area (Å²) in [5.74, 6) is -1.30. The molecular weight excluding hydrogens is 339 g/mol. The lowest BCUT2D eigenvalue weighted by atomic mass is 9.92. The molecule has 3 amide bonds. The van der Waals surface area contributed by atoms with Crippen molar-refractivity contribution in [1.82, 2.24) is 10.2 Å². The fourth-order valence-electron chi connectivity index (χ4n) is 2.88. The molecule has 1 aliphatic heterocycles. The third-order valence-corrected chi connectivity index (χ3v) is 4.42. The summed E-state index contributed by atoms with van der Waals surface area (Å²) in [5.41, 5.74) is -0.914. The van der Waals surface area contributed by atoms with E-state index in [9.17, 15) is 18.8 Å². The molecule has 6 nitrogen and oxygen atoms in total. The summed E-state index contributed by atoms with van der Waals surface area (Å²) in [6, 6.07) is 11.4. The van der Waals surface area contributed by atoms with E-state index in [4.69, 9.17) is 4.74 Å². The normalized spacial score (nSPS) is 19.4. The van der Waals surface area contributed by atoms with Crippen LogP contribution in [0, 0.1) is 5.82 Å². The van der Waals surface area contributed by atoms with Crippen molar-refractivity contribution in [3.8, 4) is 5.75 Å². The molecule has 3 rings (SSSR count). The van der Waals surface area contributed by atoms with Gasteiger partial charge in [0.25, 0.3) is 5.91 Å². The summed E-state index contributed by atoms with van der Waals surface area (Å²) in [6.07, 6.45) is 0. The molecular formula is C19H17FN2O4. The van der Waals surface area contributed by atoms with Gasteiger partial charge in [0.05, 0.1) is 19.2 Å². The summed E-state index contributed by atoms with van der Waals surface area (Å²) < 4.78 is 18.8. The predicted octanol–water partition coefficient (Wildman–Crippen LogP) is 2.48. The number of nitrogens with one attached hydrogen (secondary N) is 1. The number of carbonyl (C=O) groups excluding carboxylic acids is 3. The standard InChI is InChI=1S/C19H17FN2O4/c1-19(12-7-9-13(26-2)10-8-12)17(24)22(18(25)21-19)11-16(23)14-5-3-4-6-15(14)20/h3-10H,11H2,1-2H3,(H,21,25)/t19-/m0/s1. The first-order valence-corrected chi connectivity index (χ1v) is 7.93. The van der Waals surface area contributed by atoms with Crippen molar-refractivity contribution in [1.29, 1.82) is 0 Å². The summed E-state index contributed by atoms with van der Waals surface area (Å²) in [7, 11) is 1.52. The third kappa shape index (κ3) is 2.92. The van der Waals surface area contributed by atoms with Crippen LogP contribution in [0.25, 0.3) is 0 Å². The van der Waals surface area contributed by atoms with E-state index in [0.29, 0.717) is 11.3 Å². The summed E-state index contributed by atoms with van der Waals surface area (Å²) >= 11 is 0. The van der Waals surface area contributed by atoms with Crippen molar-refractivity contribution in [2.24, 2.45) is 0 Å². The molecule has 2 aromatic rings. The Bertz CT molecular complexity index is 881. The zero-order chi connectivity index (χ0) is 18.9. The molecule has 1 aliphatic rings. The van der Waals surface area contributed by atoms with Crippen LogP contribution >= 0.6 is 0 Å². The molecule has 26 heavy (non-hydrogen) atoms. The Kier molecular flexibility index (Phi) is 4.46. The largest absolute Gasteiger partial charge is 0.497 e. The number of nitrogens with zero attached hydrogens (tertiary/aromatic N) is 1. The molecule has 1 heterocycles. The number of amides is 3. The first-order chi connectivity index (χ1) is 12.4. The molecule has 0 unspecified atom stereocenters. The lowest BCUT2D eigenvalue weighted by Gasteiger charge is -2.22. The zero-order valence-corrected chi connectivity index (χ0v) is 14.3. The van der Waals surface area contributed by atoms with Crippen LogP contribution in [0.15, 0.2) is 48.5 Å². The molecule has 2 aromatic carbocycles. The Morgan fingerprint density at radius 2 is 1.81 bits per heavy atom. The topological polar surface area (TPSA) is 75.7 Å². The van der Waals surface area contributed by atoms with Crippen molar-refractivity contribution >= 4 is 17.7 Å². The molecule has 0 bridgehead atoms. The highest BCUT2D eigenvalue weighted by atomic mass is 19.1.